The Kier molecular flexibility index (Phi) is 3.52. The molecule has 1 aromatic carbocycles. The highest BCUT2D eigenvalue weighted by Gasteiger charge is 2.06. The number of H-pyrrole nitrogens is 1. The number of ether oxygens (including phenoxy) is 1. The summed E-state index contributed by atoms with van der Waals surface area (Å²) in [6.07, 6.45) is 4.41. The van der Waals surface area contributed by atoms with Crippen LogP contribution in [0.15, 0.2) is 36.5 Å². The first kappa shape index (κ1) is 12.0. The van der Waals surface area contributed by atoms with E-state index in [-0.39, 0.29) is 5.82 Å². The van der Waals surface area contributed by atoms with Gasteiger partial charge in [0.1, 0.15) is 5.82 Å². The average molecular weight is 246 g/mol. The van der Waals surface area contributed by atoms with Gasteiger partial charge in [-0.3, -0.25) is 5.10 Å². The number of rotatable bonds is 3. The minimum absolute atomic E-state index is 0.329. The Labute approximate surface area is 103 Å². The monoisotopic (exact) mass is 246 g/mol. The molecule has 1 aromatic heterocycles. The van der Waals surface area contributed by atoms with Crippen molar-refractivity contribution in [1.82, 2.24) is 10.2 Å². The number of hydrogen-bond donors (Lipinski definition) is 1. The summed E-state index contributed by atoms with van der Waals surface area (Å²) >= 11 is 0. The Morgan fingerprint density at radius 3 is 3.06 bits per heavy atom. The normalized spacial score (nSPS) is 10.8. The molecule has 1 N–H and O–H groups in total. The minimum Gasteiger partial charge on any atom is -0.466 e. The summed E-state index contributed by atoms with van der Waals surface area (Å²) in [5, 5.41) is 6.65. The third-order valence-electron chi connectivity index (χ3n) is 2.38. The number of carbonyl (C=O) groups is 1. The summed E-state index contributed by atoms with van der Waals surface area (Å²) in [7, 11) is 1.30. The van der Waals surface area contributed by atoms with E-state index in [2.05, 4.69) is 14.9 Å². The summed E-state index contributed by atoms with van der Waals surface area (Å²) in [5.41, 5.74) is 2.00. The number of methoxy groups -OCH3 is 1. The molecule has 0 saturated carbocycles. The summed E-state index contributed by atoms with van der Waals surface area (Å²) in [6.45, 7) is 0. The van der Waals surface area contributed by atoms with E-state index in [1.165, 1.54) is 25.3 Å². The molecule has 0 saturated heterocycles. The Bertz CT molecular complexity index is 590. The molecule has 0 aliphatic rings. The molecule has 2 aromatic rings. The lowest BCUT2D eigenvalue weighted by atomic mass is 10.1. The van der Waals surface area contributed by atoms with Gasteiger partial charge in [0.25, 0.3) is 0 Å². The second kappa shape index (κ2) is 5.27. The summed E-state index contributed by atoms with van der Waals surface area (Å²) in [5.74, 6) is -0.786. The molecule has 0 unspecified atom stereocenters. The van der Waals surface area contributed by atoms with E-state index >= 15 is 0 Å². The van der Waals surface area contributed by atoms with E-state index in [4.69, 9.17) is 0 Å². The first-order valence-corrected chi connectivity index (χ1v) is 5.26. The van der Waals surface area contributed by atoms with E-state index in [0.29, 0.717) is 16.8 Å². The van der Waals surface area contributed by atoms with Gasteiger partial charge in [0.05, 0.1) is 19.0 Å². The van der Waals surface area contributed by atoms with Crippen LogP contribution >= 0.6 is 0 Å². The molecular formula is C13H11FN2O2. The molecule has 0 spiro atoms. The molecule has 0 bridgehead atoms. The Morgan fingerprint density at radius 2 is 2.33 bits per heavy atom. The topological polar surface area (TPSA) is 55.0 Å². The SMILES string of the molecule is COC(=O)C=Cc1cn[nH]c1-c1cccc(F)c1. The Hall–Kier alpha value is -2.43. The van der Waals surface area contributed by atoms with E-state index in [1.54, 1.807) is 24.4 Å². The van der Waals surface area contributed by atoms with Crippen LogP contribution in [0.25, 0.3) is 17.3 Å². The van der Waals surface area contributed by atoms with Crippen molar-refractivity contribution in [2.75, 3.05) is 7.11 Å². The van der Waals surface area contributed by atoms with Gasteiger partial charge in [-0.25, -0.2) is 9.18 Å². The number of carbonyl (C=O) groups excluding carboxylic acids is 1. The Morgan fingerprint density at radius 1 is 1.50 bits per heavy atom. The fraction of sp³-hybridized carbons (Fsp3) is 0.0769. The number of hydrogen-bond acceptors (Lipinski definition) is 3. The highest BCUT2D eigenvalue weighted by atomic mass is 19.1. The van der Waals surface area contributed by atoms with Crippen LogP contribution in [0.3, 0.4) is 0 Å². The quantitative estimate of drug-likeness (QED) is 0.668. The fourth-order valence-corrected chi connectivity index (χ4v) is 1.52. The number of benzene rings is 1. The molecule has 92 valence electrons. The maximum atomic E-state index is 13.1. The molecule has 0 amide bonds. The summed E-state index contributed by atoms with van der Waals surface area (Å²) < 4.78 is 17.6. The van der Waals surface area contributed by atoms with Crippen LogP contribution in [-0.2, 0) is 9.53 Å². The maximum absolute atomic E-state index is 13.1. The molecule has 0 radical (unpaired) electrons. The summed E-state index contributed by atoms with van der Waals surface area (Å²) in [4.78, 5) is 11.0. The van der Waals surface area contributed by atoms with E-state index < -0.39 is 5.97 Å². The minimum atomic E-state index is -0.457. The third kappa shape index (κ3) is 2.63. The van der Waals surface area contributed by atoms with Crippen LogP contribution in [0.1, 0.15) is 5.56 Å². The number of aromatic nitrogens is 2. The highest BCUT2D eigenvalue weighted by Crippen LogP contribution is 2.22. The molecule has 5 heteroatoms. The van der Waals surface area contributed by atoms with Crippen molar-refractivity contribution in [2.24, 2.45) is 0 Å². The lowest BCUT2D eigenvalue weighted by molar-refractivity contribution is -0.134. The largest absolute Gasteiger partial charge is 0.466 e. The lowest BCUT2D eigenvalue weighted by Gasteiger charge is -1.99. The molecule has 4 nitrogen and oxygen atoms in total. The van der Waals surface area contributed by atoms with Crippen LogP contribution in [0.2, 0.25) is 0 Å². The van der Waals surface area contributed by atoms with Crippen LogP contribution in [-0.4, -0.2) is 23.3 Å². The van der Waals surface area contributed by atoms with E-state index in [1.807, 2.05) is 0 Å². The van der Waals surface area contributed by atoms with Crippen LogP contribution in [0.5, 0.6) is 0 Å². The average Bonchev–Trinajstić information content (AvgIpc) is 2.84. The molecular weight excluding hydrogens is 235 g/mol. The second-order valence-corrected chi connectivity index (χ2v) is 3.57. The zero-order chi connectivity index (χ0) is 13.0. The molecule has 0 atom stereocenters. The third-order valence-corrected chi connectivity index (χ3v) is 2.38. The van der Waals surface area contributed by atoms with Gasteiger partial charge in [-0.15, -0.1) is 0 Å². The van der Waals surface area contributed by atoms with Crippen molar-refractivity contribution in [1.29, 1.82) is 0 Å². The highest BCUT2D eigenvalue weighted by molar-refractivity contribution is 5.88. The van der Waals surface area contributed by atoms with E-state index in [9.17, 15) is 9.18 Å². The van der Waals surface area contributed by atoms with Crippen molar-refractivity contribution < 1.29 is 13.9 Å². The van der Waals surface area contributed by atoms with Gasteiger partial charge >= 0.3 is 5.97 Å². The van der Waals surface area contributed by atoms with Gasteiger partial charge in [0, 0.05) is 17.2 Å². The first-order chi connectivity index (χ1) is 8.70. The lowest BCUT2D eigenvalue weighted by Crippen LogP contribution is -1.93. The standard InChI is InChI=1S/C13H11FN2O2/c1-18-12(17)6-5-10-8-15-16-13(10)9-3-2-4-11(14)7-9/h2-8H,1H3,(H,15,16). The zero-order valence-corrected chi connectivity index (χ0v) is 9.68. The van der Waals surface area contributed by atoms with Gasteiger partial charge in [-0.05, 0) is 18.2 Å². The summed E-state index contributed by atoms with van der Waals surface area (Å²) in [6, 6.07) is 6.12. The zero-order valence-electron chi connectivity index (χ0n) is 9.68. The van der Waals surface area contributed by atoms with Gasteiger partial charge in [-0.1, -0.05) is 12.1 Å². The van der Waals surface area contributed by atoms with Gasteiger partial charge in [0.15, 0.2) is 0 Å². The number of nitrogens with one attached hydrogen (secondary N) is 1. The van der Waals surface area contributed by atoms with Crippen molar-refractivity contribution in [3.05, 3.63) is 47.9 Å². The number of nitrogens with zero attached hydrogens (tertiary/aromatic N) is 1. The van der Waals surface area contributed by atoms with Crippen molar-refractivity contribution in [3.8, 4) is 11.3 Å². The molecule has 1 heterocycles. The molecule has 0 aliphatic heterocycles. The Balaban J connectivity index is 2.33. The molecule has 18 heavy (non-hydrogen) atoms. The fourth-order valence-electron chi connectivity index (χ4n) is 1.52. The predicted octanol–water partition coefficient (Wildman–Crippen LogP) is 2.40. The van der Waals surface area contributed by atoms with E-state index in [0.717, 1.165) is 0 Å². The number of aromatic amines is 1. The molecule has 0 fully saturated rings. The number of halogens is 1. The van der Waals surface area contributed by atoms with Crippen molar-refractivity contribution in [2.45, 2.75) is 0 Å². The van der Waals surface area contributed by atoms with Gasteiger partial charge < -0.3 is 4.74 Å². The second-order valence-electron chi connectivity index (χ2n) is 3.57. The predicted molar refractivity (Wildman–Crippen MR) is 65.0 cm³/mol. The van der Waals surface area contributed by atoms with Crippen molar-refractivity contribution in [3.63, 3.8) is 0 Å². The van der Waals surface area contributed by atoms with Crippen LogP contribution in [0, 0.1) is 5.82 Å². The van der Waals surface area contributed by atoms with Crippen molar-refractivity contribution >= 4 is 12.0 Å². The molecule has 2 rings (SSSR count). The first-order valence-electron chi connectivity index (χ1n) is 5.26. The van der Waals surface area contributed by atoms with Crippen LogP contribution in [0.4, 0.5) is 4.39 Å². The van der Waals surface area contributed by atoms with Gasteiger partial charge in [-0.2, -0.15) is 5.10 Å². The smallest absolute Gasteiger partial charge is 0.330 e. The number of esters is 1. The van der Waals surface area contributed by atoms with Gasteiger partial charge in [0.2, 0.25) is 0 Å². The van der Waals surface area contributed by atoms with Crippen LogP contribution < -0.4 is 0 Å². The molecule has 0 aliphatic carbocycles. The maximum Gasteiger partial charge on any atom is 0.330 e.